The molecule has 7 heteroatoms. The van der Waals surface area contributed by atoms with Gasteiger partial charge in [-0.3, -0.25) is 9.59 Å². The zero-order chi connectivity index (χ0) is 15.8. The highest BCUT2D eigenvalue weighted by Crippen LogP contribution is 1.82. The molecule has 21 heavy (non-hydrogen) atoms. The molecule has 0 saturated carbocycles. The van der Waals surface area contributed by atoms with Crippen molar-refractivity contribution in [2.24, 2.45) is 0 Å². The van der Waals surface area contributed by atoms with Crippen molar-refractivity contribution in [1.82, 2.24) is 5.32 Å². The van der Waals surface area contributed by atoms with Crippen LogP contribution in [0.3, 0.4) is 0 Å². The number of hydrogen-bond acceptors (Lipinski definition) is 6. The highest BCUT2D eigenvalue weighted by molar-refractivity contribution is 5.96. The average molecular weight is 303 g/mol. The molecule has 0 aliphatic rings. The first kappa shape index (κ1) is 19.7. The Bertz CT molecular complexity index is 306. The smallest absolute Gasteiger partial charge is 0.244 e. The minimum absolute atomic E-state index is 0.162. The number of ether oxygens (including phenoxy) is 4. The van der Waals surface area contributed by atoms with E-state index in [1.807, 2.05) is 0 Å². The van der Waals surface area contributed by atoms with E-state index in [4.69, 9.17) is 18.9 Å². The Labute approximate surface area is 125 Å². The van der Waals surface area contributed by atoms with Crippen molar-refractivity contribution in [3.8, 4) is 0 Å². The van der Waals surface area contributed by atoms with Crippen molar-refractivity contribution in [2.75, 3.05) is 59.9 Å². The van der Waals surface area contributed by atoms with Crippen molar-refractivity contribution in [3.05, 3.63) is 12.2 Å². The Morgan fingerprint density at radius 1 is 0.857 bits per heavy atom. The largest absolute Gasteiger partial charge is 0.382 e. The van der Waals surface area contributed by atoms with Gasteiger partial charge in [0.25, 0.3) is 0 Å². The molecule has 0 heterocycles. The normalized spacial score (nSPS) is 11.0. The van der Waals surface area contributed by atoms with Crippen LogP contribution in [0, 0.1) is 0 Å². The summed E-state index contributed by atoms with van der Waals surface area (Å²) in [6.07, 6.45) is 2.42. The van der Waals surface area contributed by atoms with E-state index in [-0.39, 0.29) is 11.7 Å². The maximum Gasteiger partial charge on any atom is 0.244 e. The highest BCUT2D eigenvalue weighted by Gasteiger charge is 1.95. The number of nitrogens with one attached hydrogen (secondary N) is 1. The predicted octanol–water partition coefficient (Wildman–Crippen LogP) is -0.0560. The number of hydrogen-bond donors (Lipinski definition) is 1. The molecule has 0 aromatic rings. The number of amides is 1. The molecule has 0 unspecified atom stereocenters. The van der Waals surface area contributed by atoms with Crippen LogP contribution in [0.2, 0.25) is 0 Å². The first-order valence-electron chi connectivity index (χ1n) is 6.85. The first-order valence-corrected chi connectivity index (χ1v) is 6.85. The van der Waals surface area contributed by atoms with Crippen LogP contribution in [-0.4, -0.2) is 71.6 Å². The maximum absolute atomic E-state index is 11.2. The third-order valence-corrected chi connectivity index (χ3v) is 2.19. The standard InChI is InChI=1S/C14H25NO6/c1-13(16)3-4-14(17)15-5-6-19-9-10-21-12-11-20-8-7-18-2/h3-4H,5-12H2,1-2H3,(H,15,17)/b4-3+. The summed E-state index contributed by atoms with van der Waals surface area (Å²) in [6, 6.07) is 0. The second kappa shape index (κ2) is 15.1. The van der Waals surface area contributed by atoms with E-state index in [1.54, 1.807) is 7.11 Å². The first-order chi connectivity index (χ1) is 10.2. The van der Waals surface area contributed by atoms with Gasteiger partial charge in [-0.25, -0.2) is 0 Å². The molecule has 1 N–H and O–H groups in total. The van der Waals surface area contributed by atoms with E-state index in [9.17, 15) is 9.59 Å². The molecule has 0 radical (unpaired) electrons. The molecular formula is C14H25NO6. The quantitative estimate of drug-likeness (QED) is 0.358. The van der Waals surface area contributed by atoms with E-state index in [2.05, 4.69) is 5.32 Å². The molecule has 0 aliphatic heterocycles. The van der Waals surface area contributed by atoms with E-state index < -0.39 is 0 Å². The summed E-state index contributed by atoms with van der Waals surface area (Å²) in [5.41, 5.74) is 0. The van der Waals surface area contributed by atoms with Crippen LogP contribution < -0.4 is 5.32 Å². The SMILES string of the molecule is COCCOCCOCCOCCNC(=O)/C=C/C(C)=O. The molecule has 0 rings (SSSR count). The lowest BCUT2D eigenvalue weighted by molar-refractivity contribution is -0.117. The predicted molar refractivity (Wildman–Crippen MR) is 77.2 cm³/mol. The lowest BCUT2D eigenvalue weighted by Crippen LogP contribution is -2.26. The van der Waals surface area contributed by atoms with Crippen LogP contribution >= 0.6 is 0 Å². The fourth-order valence-corrected chi connectivity index (χ4v) is 1.18. The van der Waals surface area contributed by atoms with Gasteiger partial charge < -0.3 is 24.3 Å². The Morgan fingerprint density at radius 2 is 1.38 bits per heavy atom. The summed E-state index contributed by atoms with van der Waals surface area (Å²) in [4.78, 5) is 21.8. The average Bonchev–Trinajstić information content (AvgIpc) is 2.46. The van der Waals surface area contributed by atoms with Crippen LogP contribution in [0.4, 0.5) is 0 Å². The van der Waals surface area contributed by atoms with Gasteiger partial charge in [0, 0.05) is 19.7 Å². The van der Waals surface area contributed by atoms with E-state index in [0.29, 0.717) is 52.8 Å². The summed E-state index contributed by atoms with van der Waals surface area (Å²) >= 11 is 0. The molecule has 0 fully saturated rings. The van der Waals surface area contributed by atoms with Crippen LogP contribution in [0.15, 0.2) is 12.2 Å². The molecule has 0 saturated heterocycles. The van der Waals surface area contributed by atoms with Crippen LogP contribution in [0.1, 0.15) is 6.92 Å². The Morgan fingerprint density at radius 3 is 1.90 bits per heavy atom. The van der Waals surface area contributed by atoms with Gasteiger partial charge >= 0.3 is 0 Å². The van der Waals surface area contributed by atoms with Crippen molar-refractivity contribution in [2.45, 2.75) is 6.92 Å². The molecule has 1 amide bonds. The Hall–Kier alpha value is -1.28. The molecule has 122 valence electrons. The zero-order valence-corrected chi connectivity index (χ0v) is 12.8. The number of allylic oxidation sites excluding steroid dienone is 1. The third-order valence-electron chi connectivity index (χ3n) is 2.19. The van der Waals surface area contributed by atoms with Crippen molar-refractivity contribution < 1.29 is 28.5 Å². The number of rotatable bonds is 14. The lowest BCUT2D eigenvalue weighted by atomic mass is 10.4. The van der Waals surface area contributed by atoms with Crippen LogP contribution in [0.5, 0.6) is 0 Å². The number of methoxy groups -OCH3 is 1. The van der Waals surface area contributed by atoms with E-state index in [1.165, 1.54) is 19.1 Å². The fourth-order valence-electron chi connectivity index (χ4n) is 1.18. The summed E-state index contributed by atoms with van der Waals surface area (Å²) < 4.78 is 20.6. The van der Waals surface area contributed by atoms with Gasteiger partial charge in [-0.1, -0.05) is 0 Å². The molecule has 0 spiro atoms. The molecule has 7 nitrogen and oxygen atoms in total. The number of ketones is 1. The topological polar surface area (TPSA) is 83.1 Å². The van der Waals surface area contributed by atoms with E-state index in [0.717, 1.165) is 0 Å². The van der Waals surface area contributed by atoms with Gasteiger partial charge in [-0.05, 0) is 13.0 Å². The summed E-state index contributed by atoms with van der Waals surface area (Å²) in [5.74, 6) is -0.469. The molecule has 0 bridgehead atoms. The van der Waals surface area contributed by atoms with Crippen molar-refractivity contribution in [1.29, 1.82) is 0 Å². The van der Waals surface area contributed by atoms with Gasteiger partial charge in [-0.2, -0.15) is 0 Å². The van der Waals surface area contributed by atoms with Crippen molar-refractivity contribution >= 4 is 11.7 Å². The third kappa shape index (κ3) is 16.7. The van der Waals surface area contributed by atoms with Gasteiger partial charge in [0.2, 0.25) is 5.91 Å². The van der Waals surface area contributed by atoms with Gasteiger partial charge in [-0.15, -0.1) is 0 Å². The second-order valence-corrected chi connectivity index (χ2v) is 4.06. The molecule has 0 aromatic heterocycles. The number of carbonyl (C=O) groups excluding carboxylic acids is 2. The van der Waals surface area contributed by atoms with Gasteiger partial charge in [0.15, 0.2) is 5.78 Å². The zero-order valence-electron chi connectivity index (χ0n) is 12.8. The van der Waals surface area contributed by atoms with Crippen LogP contribution in [-0.2, 0) is 28.5 Å². The summed E-state index contributed by atoms with van der Waals surface area (Å²) in [7, 11) is 1.62. The fraction of sp³-hybridized carbons (Fsp3) is 0.714. The monoisotopic (exact) mass is 303 g/mol. The summed E-state index contributed by atoms with van der Waals surface area (Å²) in [5, 5.41) is 2.59. The van der Waals surface area contributed by atoms with Gasteiger partial charge in [0.05, 0.1) is 46.2 Å². The Balaban J connectivity index is 3.19. The molecule has 0 aliphatic carbocycles. The molecule has 0 atom stereocenters. The summed E-state index contributed by atoms with van der Waals surface area (Å²) in [6.45, 7) is 5.29. The highest BCUT2D eigenvalue weighted by atomic mass is 16.6. The molecular weight excluding hydrogens is 278 g/mol. The lowest BCUT2D eigenvalue weighted by Gasteiger charge is -2.07. The van der Waals surface area contributed by atoms with Gasteiger partial charge in [0.1, 0.15) is 0 Å². The van der Waals surface area contributed by atoms with Crippen molar-refractivity contribution in [3.63, 3.8) is 0 Å². The Kier molecular flexibility index (Phi) is 14.2. The minimum Gasteiger partial charge on any atom is -0.382 e. The van der Waals surface area contributed by atoms with Crippen LogP contribution in [0.25, 0.3) is 0 Å². The molecule has 0 aromatic carbocycles. The maximum atomic E-state index is 11.2. The minimum atomic E-state index is -0.307. The number of carbonyl (C=O) groups is 2. The second-order valence-electron chi connectivity index (χ2n) is 4.06. The van der Waals surface area contributed by atoms with E-state index >= 15 is 0 Å².